The van der Waals surface area contributed by atoms with Crippen LogP contribution in [0.2, 0.25) is 0 Å². The van der Waals surface area contributed by atoms with Crippen LogP contribution in [0.25, 0.3) is 0 Å². The minimum atomic E-state index is -0.0461. The van der Waals surface area contributed by atoms with Crippen molar-refractivity contribution in [2.75, 3.05) is 13.1 Å². The fourth-order valence-corrected chi connectivity index (χ4v) is 3.25. The topological polar surface area (TPSA) is 68.8 Å². The van der Waals surface area contributed by atoms with Crippen LogP contribution in [0, 0.1) is 5.92 Å². The van der Waals surface area contributed by atoms with Gasteiger partial charge in [0, 0.05) is 37.8 Å². The summed E-state index contributed by atoms with van der Waals surface area (Å²) in [6, 6.07) is 3.50. The van der Waals surface area contributed by atoms with Crippen LogP contribution in [0.15, 0.2) is 23.1 Å². The van der Waals surface area contributed by atoms with Gasteiger partial charge in [-0.05, 0) is 37.9 Å². The standard InChI is InChI=1S/C18H28N6O/c1-18(2,3)16-5-6-17(25)24(20-16)11-14-7-9-23(10-8-14)13-15-12-22(4)21-19-15/h5-6,12,14H,7-11,13H2,1-4H3. The minimum Gasteiger partial charge on any atom is -0.297 e. The van der Waals surface area contributed by atoms with E-state index in [0.717, 1.165) is 43.9 Å². The van der Waals surface area contributed by atoms with E-state index in [9.17, 15) is 4.79 Å². The van der Waals surface area contributed by atoms with Crippen molar-refractivity contribution in [3.63, 3.8) is 0 Å². The monoisotopic (exact) mass is 344 g/mol. The summed E-state index contributed by atoms with van der Waals surface area (Å²) in [4.78, 5) is 14.6. The van der Waals surface area contributed by atoms with Gasteiger partial charge in [-0.15, -0.1) is 5.10 Å². The smallest absolute Gasteiger partial charge is 0.266 e. The molecule has 7 heteroatoms. The lowest BCUT2D eigenvalue weighted by molar-refractivity contribution is 0.161. The molecule has 136 valence electrons. The highest BCUT2D eigenvalue weighted by atomic mass is 16.1. The quantitative estimate of drug-likeness (QED) is 0.842. The molecular weight excluding hydrogens is 316 g/mol. The lowest BCUT2D eigenvalue weighted by Gasteiger charge is -2.31. The average Bonchev–Trinajstić information content (AvgIpc) is 2.95. The summed E-state index contributed by atoms with van der Waals surface area (Å²) in [6.45, 7) is 9.96. The molecule has 0 amide bonds. The maximum absolute atomic E-state index is 12.2. The van der Waals surface area contributed by atoms with E-state index in [4.69, 9.17) is 0 Å². The van der Waals surface area contributed by atoms with Crippen LogP contribution >= 0.6 is 0 Å². The maximum Gasteiger partial charge on any atom is 0.266 e. The first-order valence-corrected chi connectivity index (χ1v) is 8.97. The van der Waals surface area contributed by atoms with Crippen LogP contribution < -0.4 is 5.56 Å². The highest BCUT2D eigenvalue weighted by Crippen LogP contribution is 2.21. The summed E-state index contributed by atoms with van der Waals surface area (Å²) < 4.78 is 3.39. The Kier molecular flexibility index (Phi) is 5.03. The van der Waals surface area contributed by atoms with E-state index in [2.05, 4.69) is 41.1 Å². The molecule has 0 spiro atoms. The molecule has 3 rings (SSSR count). The van der Waals surface area contributed by atoms with Crippen LogP contribution in [-0.2, 0) is 25.6 Å². The third-order valence-electron chi connectivity index (χ3n) is 4.81. The first-order valence-electron chi connectivity index (χ1n) is 8.97. The fourth-order valence-electron chi connectivity index (χ4n) is 3.25. The molecule has 7 nitrogen and oxygen atoms in total. The molecule has 1 saturated heterocycles. The molecule has 0 N–H and O–H groups in total. The number of aromatic nitrogens is 5. The Morgan fingerprint density at radius 3 is 2.52 bits per heavy atom. The predicted molar refractivity (Wildman–Crippen MR) is 96.2 cm³/mol. The van der Waals surface area contributed by atoms with Gasteiger partial charge in [0.05, 0.1) is 11.4 Å². The van der Waals surface area contributed by atoms with Gasteiger partial charge in [-0.1, -0.05) is 26.0 Å². The van der Waals surface area contributed by atoms with Crippen LogP contribution in [0.1, 0.15) is 45.0 Å². The maximum atomic E-state index is 12.2. The van der Waals surface area contributed by atoms with Crippen molar-refractivity contribution in [3.05, 3.63) is 40.1 Å². The molecule has 0 saturated carbocycles. The predicted octanol–water partition coefficient (Wildman–Crippen LogP) is 1.58. The average molecular weight is 344 g/mol. The fraction of sp³-hybridized carbons (Fsp3) is 0.667. The number of likely N-dealkylation sites (tertiary alicyclic amines) is 1. The van der Waals surface area contributed by atoms with Gasteiger partial charge in [0.15, 0.2) is 0 Å². The summed E-state index contributed by atoms with van der Waals surface area (Å²) in [5.41, 5.74) is 1.93. The third-order valence-corrected chi connectivity index (χ3v) is 4.81. The van der Waals surface area contributed by atoms with Crippen LogP contribution in [0.3, 0.4) is 0 Å². The Labute approximate surface area is 148 Å². The summed E-state index contributed by atoms with van der Waals surface area (Å²) >= 11 is 0. The van der Waals surface area contributed by atoms with Crippen LogP contribution in [0.5, 0.6) is 0 Å². The lowest BCUT2D eigenvalue weighted by atomic mass is 9.92. The summed E-state index contributed by atoms with van der Waals surface area (Å²) in [5, 5.41) is 12.7. The third kappa shape index (κ3) is 4.54. The van der Waals surface area contributed by atoms with Gasteiger partial charge in [-0.25, -0.2) is 4.68 Å². The molecule has 0 bridgehead atoms. The number of hydrogen-bond donors (Lipinski definition) is 0. The number of rotatable bonds is 4. The molecule has 2 aromatic rings. The zero-order chi connectivity index (χ0) is 18.0. The second kappa shape index (κ2) is 7.07. The second-order valence-electron chi connectivity index (χ2n) is 8.09. The number of aryl methyl sites for hydroxylation is 1. The molecule has 1 fully saturated rings. The number of piperidine rings is 1. The first kappa shape index (κ1) is 17.8. The molecule has 0 aliphatic carbocycles. The summed E-state index contributed by atoms with van der Waals surface area (Å²) in [5.74, 6) is 0.499. The molecule has 3 heterocycles. The molecule has 0 atom stereocenters. The van der Waals surface area contributed by atoms with E-state index in [1.54, 1.807) is 15.4 Å². The molecule has 1 aliphatic heterocycles. The zero-order valence-electron chi connectivity index (χ0n) is 15.6. The van der Waals surface area contributed by atoms with Crippen molar-refractivity contribution in [1.82, 2.24) is 29.7 Å². The largest absolute Gasteiger partial charge is 0.297 e. The van der Waals surface area contributed by atoms with Gasteiger partial charge >= 0.3 is 0 Å². The second-order valence-corrected chi connectivity index (χ2v) is 8.09. The Morgan fingerprint density at radius 1 is 1.20 bits per heavy atom. The van der Waals surface area contributed by atoms with Gasteiger partial charge in [0.1, 0.15) is 0 Å². The normalized spacial score (nSPS) is 17.1. The minimum absolute atomic E-state index is 0.00464. The number of nitrogens with zero attached hydrogens (tertiary/aromatic N) is 6. The van der Waals surface area contributed by atoms with Crippen molar-refractivity contribution < 1.29 is 0 Å². The van der Waals surface area contributed by atoms with E-state index in [1.807, 2.05) is 19.3 Å². The Bertz CT molecular complexity index is 764. The van der Waals surface area contributed by atoms with Gasteiger partial charge in [0.25, 0.3) is 5.56 Å². The van der Waals surface area contributed by atoms with Crippen molar-refractivity contribution in [2.24, 2.45) is 13.0 Å². The van der Waals surface area contributed by atoms with E-state index in [1.165, 1.54) is 0 Å². The molecule has 25 heavy (non-hydrogen) atoms. The van der Waals surface area contributed by atoms with E-state index >= 15 is 0 Å². The van der Waals surface area contributed by atoms with Crippen LogP contribution in [-0.4, -0.2) is 42.8 Å². The van der Waals surface area contributed by atoms with Crippen molar-refractivity contribution in [3.8, 4) is 0 Å². The van der Waals surface area contributed by atoms with Gasteiger partial charge in [0.2, 0.25) is 0 Å². The van der Waals surface area contributed by atoms with Crippen molar-refractivity contribution in [2.45, 2.75) is 52.1 Å². The van der Waals surface area contributed by atoms with Gasteiger partial charge in [-0.3, -0.25) is 14.4 Å². The van der Waals surface area contributed by atoms with Gasteiger partial charge < -0.3 is 0 Å². The van der Waals surface area contributed by atoms with E-state index < -0.39 is 0 Å². The van der Waals surface area contributed by atoms with Crippen molar-refractivity contribution >= 4 is 0 Å². The molecule has 2 aromatic heterocycles. The van der Waals surface area contributed by atoms with Gasteiger partial charge in [-0.2, -0.15) is 5.10 Å². The Hall–Kier alpha value is -2.02. The Morgan fingerprint density at radius 2 is 1.92 bits per heavy atom. The molecule has 0 unspecified atom stereocenters. The van der Waals surface area contributed by atoms with Crippen LogP contribution in [0.4, 0.5) is 0 Å². The molecule has 0 radical (unpaired) electrons. The summed E-state index contributed by atoms with van der Waals surface area (Å²) in [6.07, 6.45) is 4.12. The molecular formula is C18H28N6O. The molecule has 0 aromatic carbocycles. The summed E-state index contributed by atoms with van der Waals surface area (Å²) in [7, 11) is 1.89. The Balaban J connectivity index is 1.58. The highest BCUT2D eigenvalue weighted by molar-refractivity contribution is 5.10. The number of hydrogen-bond acceptors (Lipinski definition) is 5. The highest BCUT2D eigenvalue weighted by Gasteiger charge is 2.22. The van der Waals surface area contributed by atoms with Crippen molar-refractivity contribution in [1.29, 1.82) is 0 Å². The van der Waals surface area contributed by atoms with E-state index in [-0.39, 0.29) is 11.0 Å². The molecule has 1 aliphatic rings. The first-order chi connectivity index (χ1) is 11.8. The zero-order valence-corrected chi connectivity index (χ0v) is 15.6. The van der Waals surface area contributed by atoms with E-state index in [0.29, 0.717) is 12.5 Å². The lowest BCUT2D eigenvalue weighted by Crippen LogP contribution is -2.37. The SMILES string of the molecule is Cn1cc(CN2CCC(Cn3nc(C(C)(C)C)ccc3=O)CC2)nn1.